The molecule has 0 spiro atoms. The highest BCUT2D eigenvalue weighted by Gasteiger charge is 2.44. The Kier molecular flexibility index (Phi) is 4.42. The summed E-state index contributed by atoms with van der Waals surface area (Å²) in [5, 5.41) is 0. The first-order valence-corrected chi connectivity index (χ1v) is 7.49. The van der Waals surface area contributed by atoms with Crippen LogP contribution in [0.3, 0.4) is 0 Å². The van der Waals surface area contributed by atoms with Crippen LogP contribution in [0.4, 0.5) is 0 Å². The molecule has 0 aromatic heterocycles. The van der Waals surface area contributed by atoms with Crippen molar-refractivity contribution in [2.75, 3.05) is 14.2 Å². The van der Waals surface area contributed by atoms with E-state index in [0.29, 0.717) is 0 Å². The smallest absolute Gasteiger partial charge is 0.340 e. The molecule has 2 nitrogen and oxygen atoms in total. The topological polar surface area (TPSA) is 18.5 Å². The predicted molar refractivity (Wildman–Crippen MR) is 57.1 cm³/mol. The summed E-state index contributed by atoms with van der Waals surface area (Å²) in [5.41, 5.74) is 0.752. The molecule has 0 N–H and O–H groups in total. The highest BCUT2D eigenvalue weighted by atomic mass is 28.4. The van der Waals surface area contributed by atoms with Gasteiger partial charge < -0.3 is 8.85 Å². The first-order valence-electron chi connectivity index (χ1n) is 5.39. The lowest BCUT2D eigenvalue weighted by Gasteiger charge is -2.32. The lowest BCUT2D eigenvalue weighted by Crippen LogP contribution is -2.44. The van der Waals surface area contributed by atoms with E-state index >= 15 is 0 Å². The Morgan fingerprint density at radius 2 is 1.69 bits per heavy atom. The quantitative estimate of drug-likeness (QED) is 0.638. The Bertz CT molecular complexity index is 140. The molecule has 0 aromatic rings. The van der Waals surface area contributed by atoms with Crippen molar-refractivity contribution in [3.8, 4) is 0 Å². The van der Waals surface area contributed by atoms with Crippen molar-refractivity contribution in [2.24, 2.45) is 0 Å². The summed E-state index contributed by atoms with van der Waals surface area (Å²) >= 11 is 0. The third-order valence-electron chi connectivity index (χ3n) is 3.27. The fourth-order valence-electron chi connectivity index (χ4n) is 2.54. The minimum absolute atomic E-state index is 0.752. The van der Waals surface area contributed by atoms with Crippen LogP contribution in [0.15, 0.2) is 0 Å². The minimum atomic E-state index is -1.81. The predicted octanol–water partition coefficient (Wildman–Crippen LogP) is 3.08. The molecular weight excluding hydrogens is 180 g/mol. The summed E-state index contributed by atoms with van der Waals surface area (Å²) in [6.07, 6.45) is 6.58. The van der Waals surface area contributed by atoms with Crippen LogP contribution in [0, 0.1) is 0 Å². The molecule has 1 aliphatic carbocycles. The van der Waals surface area contributed by atoms with Gasteiger partial charge in [0.25, 0.3) is 0 Å². The Morgan fingerprint density at radius 1 is 1.15 bits per heavy atom. The molecule has 0 radical (unpaired) electrons. The SMILES string of the molecule is CCC[Si](OC)(OC)C1CCCC1. The van der Waals surface area contributed by atoms with Gasteiger partial charge in [-0.05, 0) is 18.9 Å². The maximum atomic E-state index is 5.73. The summed E-state index contributed by atoms with van der Waals surface area (Å²) in [5.74, 6) is 0. The van der Waals surface area contributed by atoms with Gasteiger partial charge in [-0.1, -0.05) is 26.2 Å². The van der Waals surface area contributed by atoms with Gasteiger partial charge >= 0.3 is 8.56 Å². The highest BCUT2D eigenvalue weighted by Crippen LogP contribution is 2.41. The zero-order valence-electron chi connectivity index (χ0n) is 9.14. The molecule has 0 atom stereocenters. The van der Waals surface area contributed by atoms with Gasteiger partial charge in [0.1, 0.15) is 0 Å². The second kappa shape index (κ2) is 5.13. The van der Waals surface area contributed by atoms with E-state index in [9.17, 15) is 0 Å². The Morgan fingerprint density at radius 3 is 2.08 bits per heavy atom. The fraction of sp³-hybridized carbons (Fsp3) is 1.00. The van der Waals surface area contributed by atoms with Crippen LogP contribution in [0.5, 0.6) is 0 Å². The van der Waals surface area contributed by atoms with E-state index in [1.807, 2.05) is 14.2 Å². The summed E-state index contributed by atoms with van der Waals surface area (Å²) in [4.78, 5) is 0. The Hall–Kier alpha value is 0.137. The van der Waals surface area contributed by atoms with Gasteiger partial charge in [0.15, 0.2) is 0 Å². The van der Waals surface area contributed by atoms with Gasteiger partial charge in [-0.3, -0.25) is 0 Å². The fourth-order valence-corrected chi connectivity index (χ4v) is 6.17. The van der Waals surface area contributed by atoms with Gasteiger partial charge in [0, 0.05) is 19.8 Å². The van der Waals surface area contributed by atoms with Crippen LogP contribution in [0.2, 0.25) is 11.6 Å². The van der Waals surface area contributed by atoms with E-state index in [2.05, 4.69) is 6.92 Å². The molecule has 1 fully saturated rings. The molecule has 0 aromatic carbocycles. The second-order valence-electron chi connectivity index (χ2n) is 3.95. The average molecular weight is 202 g/mol. The molecule has 1 rings (SSSR count). The van der Waals surface area contributed by atoms with Crippen molar-refractivity contribution in [3.63, 3.8) is 0 Å². The third kappa shape index (κ3) is 2.33. The zero-order valence-corrected chi connectivity index (χ0v) is 10.1. The summed E-state index contributed by atoms with van der Waals surface area (Å²) in [7, 11) is 1.86. The molecule has 0 amide bonds. The molecule has 0 bridgehead atoms. The van der Waals surface area contributed by atoms with Crippen molar-refractivity contribution >= 4 is 8.56 Å². The largest absolute Gasteiger partial charge is 0.397 e. The maximum Gasteiger partial charge on any atom is 0.340 e. The molecule has 0 heterocycles. The third-order valence-corrected chi connectivity index (χ3v) is 7.67. The van der Waals surface area contributed by atoms with Crippen LogP contribution < -0.4 is 0 Å². The van der Waals surface area contributed by atoms with Crippen LogP contribution in [-0.4, -0.2) is 22.8 Å². The van der Waals surface area contributed by atoms with E-state index in [1.165, 1.54) is 32.1 Å². The molecule has 78 valence electrons. The Balaban J connectivity index is 2.62. The molecule has 0 saturated heterocycles. The van der Waals surface area contributed by atoms with Crippen molar-refractivity contribution in [1.82, 2.24) is 0 Å². The molecule has 0 aliphatic heterocycles. The number of hydrogen-bond donors (Lipinski definition) is 0. The first-order chi connectivity index (χ1) is 6.29. The molecule has 1 aliphatic rings. The van der Waals surface area contributed by atoms with E-state index < -0.39 is 8.56 Å². The molecule has 1 saturated carbocycles. The van der Waals surface area contributed by atoms with Crippen molar-refractivity contribution in [1.29, 1.82) is 0 Å². The van der Waals surface area contributed by atoms with Gasteiger partial charge in [-0.2, -0.15) is 0 Å². The molecule has 13 heavy (non-hydrogen) atoms. The van der Waals surface area contributed by atoms with Crippen molar-refractivity contribution in [3.05, 3.63) is 0 Å². The lowest BCUT2D eigenvalue weighted by atomic mass is 10.4. The van der Waals surface area contributed by atoms with Crippen LogP contribution in [-0.2, 0) is 8.85 Å². The summed E-state index contributed by atoms with van der Waals surface area (Å²) < 4.78 is 11.5. The van der Waals surface area contributed by atoms with E-state index in [4.69, 9.17) is 8.85 Å². The minimum Gasteiger partial charge on any atom is -0.397 e. The maximum absolute atomic E-state index is 5.73. The van der Waals surface area contributed by atoms with Crippen molar-refractivity contribution < 1.29 is 8.85 Å². The zero-order chi connectivity index (χ0) is 9.73. The van der Waals surface area contributed by atoms with Gasteiger partial charge in [0.2, 0.25) is 0 Å². The Labute approximate surface area is 82.9 Å². The van der Waals surface area contributed by atoms with E-state index in [0.717, 1.165) is 11.6 Å². The van der Waals surface area contributed by atoms with Gasteiger partial charge in [0.05, 0.1) is 0 Å². The standard InChI is InChI=1S/C10H22O2Si/c1-4-9-13(11-2,12-3)10-7-5-6-8-10/h10H,4-9H2,1-3H3. The first kappa shape index (κ1) is 11.2. The lowest BCUT2D eigenvalue weighted by molar-refractivity contribution is 0.227. The average Bonchev–Trinajstić information content (AvgIpc) is 2.68. The van der Waals surface area contributed by atoms with Gasteiger partial charge in [-0.15, -0.1) is 0 Å². The number of hydrogen-bond acceptors (Lipinski definition) is 2. The summed E-state index contributed by atoms with van der Waals surface area (Å²) in [6.45, 7) is 2.22. The molecule has 0 unspecified atom stereocenters. The van der Waals surface area contributed by atoms with Crippen LogP contribution in [0.1, 0.15) is 39.0 Å². The van der Waals surface area contributed by atoms with Crippen LogP contribution in [0.25, 0.3) is 0 Å². The van der Waals surface area contributed by atoms with E-state index in [-0.39, 0.29) is 0 Å². The summed E-state index contributed by atoms with van der Waals surface area (Å²) in [6, 6.07) is 1.16. The molecular formula is C10H22O2Si. The highest BCUT2D eigenvalue weighted by molar-refractivity contribution is 6.69. The van der Waals surface area contributed by atoms with Gasteiger partial charge in [-0.25, -0.2) is 0 Å². The second-order valence-corrected chi connectivity index (χ2v) is 7.71. The number of rotatable bonds is 5. The van der Waals surface area contributed by atoms with Crippen LogP contribution >= 0.6 is 0 Å². The molecule has 3 heteroatoms. The monoisotopic (exact) mass is 202 g/mol. The van der Waals surface area contributed by atoms with E-state index in [1.54, 1.807) is 0 Å². The normalized spacial score (nSPS) is 19.6. The van der Waals surface area contributed by atoms with Crippen molar-refractivity contribution in [2.45, 2.75) is 50.6 Å².